The van der Waals surface area contributed by atoms with E-state index in [1.165, 1.54) is 20.3 Å². The predicted octanol–water partition coefficient (Wildman–Crippen LogP) is 7.79. The number of rotatable bonds is 8. The number of benzene rings is 3. The SMILES string of the molecule is CN(C1CCCCC1)S(=O)(=O)c1ccc(C(=O)Nc2sc3c(c2-c2nc4ccccc4s2)CCN(Cc2ccccc2)C3)cc1. The molecule has 5 aromatic rings. The van der Waals surface area contributed by atoms with Crippen molar-refractivity contribution < 1.29 is 13.2 Å². The highest BCUT2D eigenvalue weighted by atomic mass is 32.2. The first-order valence-corrected chi connectivity index (χ1v) is 18.6. The van der Waals surface area contributed by atoms with E-state index in [0.717, 1.165) is 83.9 Å². The Kier molecular flexibility index (Phi) is 8.58. The molecule has 7 nitrogen and oxygen atoms in total. The zero-order valence-electron chi connectivity index (χ0n) is 25.2. The molecule has 1 amide bonds. The normalized spacial score (nSPS) is 16.2. The maximum Gasteiger partial charge on any atom is 0.256 e. The Balaban J connectivity index is 1.16. The van der Waals surface area contributed by atoms with Crippen molar-refractivity contribution in [3.8, 4) is 10.6 Å². The molecule has 2 aromatic heterocycles. The van der Waals surface area contributed by atoms with Gasteiger partial charge in [0.2, 0.25) is 10.0 Å². The molecule has 3 heterocycles. The maximum absolute atomic E-state index is 13.6. The van der Waals surface area contributed by atoms with Gasteiger partial charge in [-0.15, -0.1) is 22.7 Å². The second kappa shape index (κ2) is 12.8. The average Bonchev–Trinajstić information content (AvgIpc) is 3.65. The van der Waals surface area contributed by atoms with Crippen LogP contribution in [0.3, 0.4) is 0 Å². The average molecular weight is 657 g/mol. The van der Waals surface area contributed by atoms with Gasteiger partial charge in [0, 0.05) is 48.7 Å². The quantitative estimate of drug-likeness (QED) is 0.184. The smallest absolute Gasteiger partial charge is 0.256 e. The highest BCUT2D eigenvalue weighted by Gasteiger charge is 2.30. The van der Waals surface area contributed by atoms with Crippen LogP contribution in [0.5, 0.6) is 0 Å². The Morgan fingerprint density at radius 1 is 0.956 bits per heavy atom. The van der Waals surface area contributed by atoms with Crippen molar-refractivity contribution in [2.24, 2.45) is 0 Å². The third-order valence-corrected chi connectivity index (χ3v) is 13.1. The Labute approximate surface area is 272 Å². The Morgan fingerprint density at radius 2 is 1.69 bits per heavy atom. The van der Waals surface area contributed by atoms with Crippen molar-refractivity contribution in [3.05, 3.63) is 100 Å². The van der Waals surface area contributed by atoms with Gasteiger partial charge in [0.05, 0.1) is 15.1 Å². The second-order valence-corrected chi connectivity index (χ2v) is 16.1. The van der Waals surface area contributed by atoms with Gasteiger partial charge in [-0.3, -0.25) is 9.69 Å². The lowest BCUT2D eigenvalue weighted by Gasteiger charge is -2.30. The summed E-state index contributed by atoms with van der Waals surface area (Å²) in [4.78, 5) is 22.5. The Bertz CT molecular complexity index is 1900. The number of thiazole rings is 1. The van der Waals surface area contributed by atoms with E-state index in [-0.39, 0.29) is 16.8 Å². The van der Waals surface area contributed by atoms with E-state index < -0.39 is 10.0 Å². The Hall–Kier alpha value is -3.41. The molecule has 7 rings (SSSR count). The van der Waals surface area contributed by atoms with Gasteiger partial charge in [0.25, 0.3) is 5.91 Å². The van der Waals surface area contributed by atoms with Crippen molar-refractivity contribution in [2.75, 3.05) is 18.9 Å². The zero-order chi connectivity index (χ0) is 31.0. The molecule has 45 heavy (non-hydrogen) atoms. The summed E-state index contributed by atoms with van der Waals surface area (Å²) in [5, 5.41) is 4.89. The lowest BCUT2D eigenvalue weighted by molar-refractivity contribution is 0.102. The topological polar surface area (TPSA) is 82.6 Å². The molecule has 1 fully saturated rings. The van der Waals surface area contributed by atoms with Crippen molar-refractivity contribution in [2.45, 2.75) is 62.6 Å². The summed E-state index contributed by atoms with van der Waals surface area (Å²) < 4.78 is 29.3. The lowest BCUT2D eigenvalue weighted by atomic mass is 9.96. The van der Waals surface area contributed by atoms with E-state index in [1.807, 2.05) is 24.3 Å². The van der Waals surface area contributed by atoms with Crippen LogP contribution in [0.25, 0.3) is 20.8 Å². The van der Waals surface area contributed by atoms with Crippen LogP contribution in [0.1, 0.15) is 58.5 Å². The van der Waals surface area contributed by atoms with Crippen LogP contribution in [0.15, 0.2) is 83.8 Å². The number of aromatic nitrogens is 1. The summed E-state index contributed by atoms with van der Waals surface area (Å²) in [6.07, 6.45) is 5.93. The highest BCUT2D eigenvalue weighted by Crippen LogP contribution is 2.46. The summed E-state index contributed by atoms with van der Waals surface area (Å²) in [5.41, 5.74) is 4.92. The zero-order valence-corrected chi connectivity index (χ0v) is 27.7. The first-order valence-electron chi connectivity index (χ1n) is 15.5. The molecule has 232 valence electrons. The summed E-state index contributed by atoms with van der Waals surface area (Å²) >= 11 is 3.27. The van der Waals surface area contributed by atoms with Crippen LogP contribution in [0.4, 0.5) is 5.00 Å². The van der Waals surface area contributed by atoms with Crippen molar-refractivity contribution in [1.82, 2.24) is 14.2 Å². The number of sulfonamides is 1. The van der Waals surface area contributed by atoms with E-state index >= 15 is 0 Å². The van der Waals surface area contributed by atoms with Crippen LogP contribution in [-0.2, 0) is 29.5 Å². The van der Waals surface area contributed by atoms with Crippen LogP contribution in [0, 0.1) is 0 Å². The Morgan fingerprint density at radius 3 is 2.44 bits per heavy atom. The minimum atomic E-state index is -3.63. The highest BCUT2D eigenvalue weighted by molar-refractivity contribution is 7.89. The molecule has 0 bridgehead atoms. The van der Waals surface area contributed by atoms with E-state index in [4.69, 9.17) is 4.98 Å². The molecule has 1 aliphatic heterocycles. The van der Waals surface area contributed by atoms with Crippen LogP contribution >= 0.6 is 22.7 Å². The van der Waals surface area contributed by atoms with Crippen LogP contribution in [0.2, 0.25) is 0 Å². The van der Waals surface area contributed by atoms with Gasteiger partial charge in [0.15, 0.2) is 0 Å². The summed E-state index contributed by atoms with van der Waals surface area (Å²) in [7, 11) is -1.96. The van der Waals surface area contributed by atoms with Gasteiger partial charge in [-0.2, -0.15) is 4.31 Å². The van der Waals surface area contributed by atoms with Crippen LogP contribution < -0.4 is 5.32 Å². The summed E-state index contributed by atoms with van der Waals surface area (Å²) in [6.45, 7) is 2.61. The molecule has 1 N–H and O–H groups in total. The van der Waals surface area contributed by atoms with Gasteiger partial charge in [-0.25, -0.2) is 13.4 Å². The van der Waals surface area contributed by atoms with E-state index in [0.29, 0.717) is 5.56 Å². The van der Waals surface area contributed by atoms with E-state index in [2.05, 4.69) is 40.5 Å². The van der Waals surface area contributed by atoms with Gasteiger partial charge < -0.3 is 5.32 Å². The van der Waals surface area contributed by atoms with Crippen LogP contribution in [-0.4, -0.2) is 48.1 Å². The fourth-order valence-corrected chi connectivity index (χ4v) is 10.3. The number of amides is 1. The fourth-order valence-electron chi connectivity index (χ4n) is 6.49. The van der Waals surface area contributed by atoms with Crippen molar-refractivity contribution >= 4 is 53.8 Å². The first-order chi connectivity index (χ1) is 21.9. The predicted molar refractivity (Wildman–Crippen MR) is 183 cm³/mol. The number of nitrogens with zero attached hydrogens (tertiary/aromatic N) is 3. The number of para-hydroxylation sites is 1. The number of hydrogen-bond donors (Lipinski definition) is 1. The largest absolute Gasteiger partial charge is 0.313 e. The number of nitrogens with one attached hydrogen (secondary N) is 1. The number of anilines is 1. The minimum absolute atomic E-state index is 0.0288. The molecular weight excluding hydrogens is 621 g/mol. The molecule has 2 aliphatic rings. The molecule has 0 spiro atoms. The number of fused-ring (bicyclic) bond motifs is 2. The molecule has 0 saturated heterocycles. The third-order valence-electron chi connectivity index (χ3n) is 9.00. The van der Waals surface area contributed by atoms with Crippen molar-refractivity contribution in [3.63, 3.8) is 0 Å². The molecule has 1 aliphatic carbocycles. The van der Waals surface area contributed by atoms with Crippen molar-refractivity contribution in [1.29, 1.82) is 0 Å². The monoisotopic (exact) mass is 656 g/mol. The summed E-state index contributed by atoms with van der Waals surface area (Å²) in [6, 6.07) is 25.0. The lowest BCUT2D eigenvalue weighted by Crippen LogP contribution is -2.38. The fraction of sp³-hybridized carbons (Fsp3) is 0.314. The van der Waals surface area contributed by atoms with Gasteiger partial charge in [-0.1, -0.05) is 61.7 Å². The maximum atomic E-state index is 13.6. The van der Waals surface area contributed by atoms with E-state index in [9.17, 15) is 13.2 Å². The van der Waals surface area contributed by atoms with Gasteiger partial charge in [-0.05, 0) is 66.8 Å². The third kappa shape index (κ3) is 6.22. The molecule has 10 heteroatoms. The minimum Gasteiger partial charge on any atom is -0.313 e. The standard InChI is InChI=1S/C35H36N4O3S3/c1-38(26-12-6-3-7-13-26)45(41,42)27-18-16-25(17-19-27)33(40)37-35-32(34-36-29-14-8-9-15-30(29)43-34)28-20-21-39(23-31(28)44-35)22-24-10-4-2-5-11-24/h2,4-5,8-11,14-19,26H,3,6-7,12-13,20-23H2,1H3,(H,37,40). The number of carbonyl (C=O) groups excluding carboxylic acids is 1. The molecule has 0 unspecified atom stereocenters. The number of carbonyl (C=O) groups is 1. The van der Waals surface area contributed by atoms with E-state index in [1.54, 1.807) is 54.0 Å². The number of hydrogen-bond acceptors (Lipinski definition) is 7. The number of thiophene rings is 1. The molecule has 0 atom stereocenters. The molecule has 3 aromatic carbocycles. The first kappa shape index (κ1) is 30.3. The van der Waals surface area contributed by atoms with Gasteiger partial charge >= 0.3 is 0 Å². The molecule has 0 radical (unpaired) electrons. The molecular formula is C35H36N4O3S3. The second-order valence-electron chi connectivity index (χ2n) is 11.9. The molecule has 1 saturated carbocycles. The summed E-state index contributed by atoms with van der Waals surface area (Å²) in [5.74, 6) is -0.262. The van der Waals surface area contributed by atoms with Gasteiger partial charge in [0.1, 0.15) is 10.0 Å².